The normalized spacial score (nSPS) is 10.4. The maximum absolute atomic E-state index is 12.0. The van der Waals surface area contributed by atoms with Gasteiger partial charge in [0.05, 0.1) is 16.3 Å². The van der Waals surface area contributed by atoms with Gasteiger partial charge in [0, 0.05) is 5.38 Å². The molecular weight excluding hydrogens is 294 g/mol. The Hall–Kier alpha value is -2.46. The van der Waals surface area contributed by atoms with Crippen LogP contribution in [0.2, 0.25) is 0 Å². The fourth-order valence-electron chi connectivity index (χ4n) is 2.13. The highest BCUT2D eigenvalue weighted by molar-refractivity contribution is 7.09. The average molecular weight is 309 g/mol. The topological polar surface area (TPSA) is 39.2 Å². The van der Waals surface area contributed by atoms with Gasteiger partial charge in [-0.05, 0) is 30.2 Å². The molecule has 0 N–H and O–H groups in total. The van der Waals surface area contributed by atoms with E-state index in [1.54, 1.807) is 23.5 Å². The lowest BCUT2D eigenvalue weighted by atomic mass is 10.0. The van der Waals surface area contributed by atoms with Crippen molar-refractivity contribution in [1.29, 1.82) is 0 Å². The number of benzene rings is 2. The molecule has 1 heterocycles. The van der Waals surface area contributed by atoms with Gasteiger partial charge >= 0.3 is 5.97 Å². The summed E-state index contributed by atoms with van der Waals surface area (Å²) in [4.78, 5) is 16.3. The lowest BCUT2D eigenvalue weighted by Crippen LogP contribution is -2.05. The van der Waals surface area contributed by atoms with Gasteiger partial charge in [0.2, 0.25) is 0 Å². The van der Waals surface area contributed by atoms with E-state index in [0.717, 1.165) is 21.8 Å². The molecule has 0 unspecified atom stereocenters. The zero-order valence-corrected chi connectivity index (χ0v) is 13.0. The SMILES string of the molecule is Cc1nc(COC(=O)c2ccc(-c3ccccc3)cc2)cs1. The molecule has 0 aliphatic heterocycles. The second kappa shape index (κ2) is 6.54. The molecule has 0 fully saturated rings. The van der Waals surface area contributed by atoms with Gasteiger partial charge in [0.15, 0.2) is 0 Å². The summed E-state index contributed by atoms with van der Waals surface area (Å²) in [5.41, 5.74) is 3.54. The minimum Gasteiger partial charge on any atom is -0.456 e. The van der Waals surface area contributed by atoms with E-state index in [1.807, 2.05) is 54.8 Å². The third-order valence-electron chi connectivity index (χ3n) is 3.25. The lowest BCUT2D eigenvalue weighted by Gasteiger charge is -2.05. The number of aryl methyl sites for hydroxylation is 1. The van der Waals surface area contributed by atoms with Crippen LogP contribution in [-0.4, -0.2) is 11.0 Å². The summed E-state index contributed by atoms with van der Waals surface area (Å²) in [6, 6.07) is 17.5. The fourth-order valence-corrected chi connectivity index (χ4v) is 2.72. The van der Waals surface area contributed by atoms with E-state index in [0.29, 0.717) is 5.56 Å². The van der Waals surface area contributed by atoms with Crippen molar-refractivity contribution in [3.63, 3.8) is 0 Å². The molecule has 3 rings (SSSR count). The molecule has 3 aromatic rings. The minimum absolute atomic E-state index is 0.212. The van der Waals surface area contributed by atoms with Crippen molar-refractivity contribution in [3.05, 3.63) is 76.2 Å². The highest BCUT2D eigenvalue weighted by Gasteiger charge is 2.09. The molecule has 0 saturated heterocycles. The summed E-state index contributed by atoms with van der Waals surface area (Å²) in [7, 11) is 0. The van der Waals surface area contributed by atoms with Gasteiger partial charge in [-0.2, -0.15) is 0 Å². The molecule has 0 spiro atoms. The maximum Gasteiger partial charge on any atom is 0.338 e. The van der Waals surface area contributed by atoms with Crippen molar-refractivity contribution >= 4 is 17.3 Å². The third kappa shape index (κ3) is 3.40. The van der Waals surface area contributed by atoms with Crippen molar-refractivity contribution in [2.24, 2.45) is 0 Å². The van der Waals surface area contributed by atoms with Gasteiger partial charge in [-0.15, -0.1) is 11.3 Å². The number of esters is 1. The third-order valence-corrected chi connectivity index (χ3v) is 4.07. The molecular formula is C18H15NO2S. The van der Waals surface area contributed by atoms with Gasteiger partial charge in [0.25, 0.3) is 0 Å². The standard InChI is InChI=1S/C18H15NO2S/c1-13-19-17(12-22-13)11-21-18(20)16-9-7-15(8-10-16)14-5-3-2-4-6-14/h2-10,12H,11H2,1H3. The fraction of sp³-hybridized carbons (Fsp3) is 0.111. The Balaban J connectivity index is 1.66. The molecule has 0 aliphatic rings. The predicted octanol–water partition coefficient (Wildman–Crippen LogP) is 4.48. The molecule has 0 radical (unpaired) electrons. The lowest BCUT2D eigenvalue weighted by molar-refractivity contribution is 0.0468. The molecule has 22 heavy (non-hydrogen) atoms. The first-order chi connectivity index (χ1) is 10.7. The van der Waals surface area contributed by atoms with Crippen LogP contribution in [0.1, 0.15) is 21.1 Å². The number of ether oxygens (including phenoxy) is 1. The first-order valence-electron chi connectivity index (χ1n) is 6.96. The van der Waals surface area contributed by atoms with Crippen molar-refractivity contribution in [3.8, 4) is 11.1 Å². The Morgan fingerprint density at radius 1 is 1.05 bits per heavy atom. The van der Waals surface area contributed by atoms with E-state index in [1.165, 1.54) is 0 Å². The monoisotopic (exact) mass is 309 g/mol. The Morgan fingerprint density at radius 3 is 2.36 bits per heavy atom. The smallest absolute Gasteiger partial charge is 0.338 e. The number of rotatable bonds is 4. The minimum atomic E-state index is -0.328. The molecule has 0 amide bonds. The van der Waals surface area contributed by atoms with E-state index >= 15 is 0 Å². The number of nitrogens with zero attached hydrogens (tertiary/aromatic N) is 1. The van der Waals surface area contributed by atoms with Gasteiger partial charge in [0.1, 0.15) is 6.61 Å². The second-order valence-corrected chi connectivity index (χ2v) is 5.94. The highest BCUT2D eigenvalue weighted by Crippen LogP contribution is 2.19. The van der Waals surface area contributed by atoms with Crippen molar-refractivity contribution in [1.82, 2.24) is 4.98 Å². The molecule has 4 heteroatoms. The Morgan fingerprint density at radius 2 is 1.73 bits per heavy atom. The summed E-state index contributed by atoms with van der Waals surface area (Å²) in [5, 5.41) is 2.87. The van der Waals surface area contributed by atoms with Crippen LogP contribution in [0.15, 0.2) is 60.0 Å². The van der Waals surface area contributed by atoms with Crippen molar-refractivity contribution in [2.45, 2.75) is 13.5 Å². The largest absolute Gasteiger partial charge is 0.456 e. The maximum atomic E-state index is 12.0. The molecule has 0 atom stereocenters. The molecule has 110 valence electrons. The summed E-state index contributed by atoms with van der Waals surface area (Å²) >= 11 is 1.55. The van der Waals surface area contributed by atoms with Gasteiger partial charge in [-0.3, -0.25) is 0 Å². The second-order valence-electron chi connectivity index (χ2n) is 4.88. The number of hydrogen-bond acceptors (Lipinski definition) is 4. The van der Waals surface area contributed by atoms with E-state index in [-0.39, 0.29) is 12.6 Å². The Bertz CT molecular complexity index is 763. The van der Waals surface area contributed by atoms with E-state index in [4.69, 9.17) is 4.74 Å². The number of hydrogen-bond donors (Lipinski definition) is 0. The first-order valence-corrected chi connectivity index (χ1v) is 7.84. The number of thiazole rings is 1. The van der Waals surface area contributed by atoms with Crippen LogP contribution in [0.3, 0.4) is 0 Å². The molecule has 3 nitrogen and oxygen atoms in total. The van der Waals surface area contributed by atoms with Gasteiger partial charge < -0.3 is 4.74 Å². The number of carbonyl (C=O) groups excluding carboxylic acids is 1. The summed E-state index contributed by atoms with van der Waals surface area (Å²) in [6.07, 6.45) is 0. The first kappa shape index (κ1) is 14.5. The summed E-state index contributed by atoms with van der Waals surface area (Å²) in [6.45, 7) is 2.14. The molecule has 0 aliphatic carbocycles. The Labute approximate surface area is 133 Å². The number of aromatic nitrogens is 1. The van der Waals surface area contributed by atoms with Crippen LogP contribution in [0, 0.1) is 6.92 Å². The predicted molar refractivity (Wildman–Crippen MR) is 87.8 cm³/mol. The van der Waals surface area contributed by atoms with Gasteiger partial charge in [-0.1, -0.05) is 42.5 Å². The van der Waals surface area contributed by atoms with Crippen LogP contribution >= 0.6 is 11.3 Å². The van der Waals surface area contributed by atoms with Crippen LogP contribution in [0.5, 0.6) is 0 Å². The highest BCUT2D eigenvalue weighted by atomic mass is 32.1. The molecule has 0 bridgehead atoms. The quantitative estimate of drug-likeness (QED) is 0.667. The number of carbonyl (C=O) groups is 1. The molecule has 1 aromatic heterocycles. The van der Waals surface area contributed by atoms with E-state index < -0.39 is 0 Å². The van der Waals surface area contributed by atoms with Crippen LogP contribution < -0.4 is 0 Å². The average Bonchev–Trinajstić information content (AvgIpc) is 2.99. The zero-order chi connectivity index (χ0) is 15.4. The summed E-state index contributed by atoms with van der Waals surface area (Å²) in [5.74, 6) is -0.328. The summed E-state index contributed by atoms with van der Waals surface area (Å²) < 4.78 is 5.28. The van der Waals surface area contributed by atoms with Crippen molar-refractivity contribution in [2.75, 3.05) is 0 Å². The zero-order valence-electron chi connectivity index (χ0n) is 12.2. The van der Waals surface area contributed by atoms with Crippen LogP contribution in [-0.2, 0) is 11.3 Å². The van der Waals surface area contributed by atoms with Crippen LogP contribution in [0.25, 0.3) is 11.1 Å². The van der Waals surface area contributed by atoms with E-state index in [9.17, 15) is 4.79 Å². The van der Waals surface area contributed by atoms with Crippen molar-refractivity contribution < 1.29 is 9.53 Å². The Kier molecular flexibility index (Phi) is 4.30. The molecule has 0 saturated carbocycles. The van der Waals surface area contributed by atoms with E-state index in [2.05, 4.69) is 4.98 Å². The molecule has 2 aromatic carbocycles. The van der Waals surface area contributed by atoms with Crippen LogP contribution in [0.4, 0.5) is 0 Å². The van der Waals surface area contributed by atoms with Gasteiger partial charge in [-0.25, -0.2) is 9.78 Å².